The normalized spacial score (nSPS) is 23.0. The predicted molar refractivity (Wildman–Crippen MR) is 100 cm³/mol. The Morgan fingerprint density at radius 1 is 1.52 bits per heavy atom. The molecule has 2 unspecified atom stereocenters. The van der Waals surface area contributed by atoms with Crippen LogP contribution in [0.4, 0.5) is 4.39 Å². The lowest BCUT2D eigenvalue weighted by molar-refractivity contribution is -0.136. The van der Waals surface area contributed by atoms with Gasteiger partial charge in [-0.05, 0) is 57.0 Å². The minimum atomic E-state index is -1.51. The van der Waals surface area contributed by atoms with E-state index in [4.69, 9.17) is 0 Å². The van der Waals surface area contributed by atoms with Gasteiger partial charge in [-0.3, -0.25) is 4.79 Å². The summed E-state index contributed by atoms with van der Waals surface area (Å²) in [6.45, 7) is 7.48. The zero-order valence-corrected chi connectivity index (χ0v) is 16.3. The van der Waals surface area contributed by atoms with Crippen LogP contribution < -0.4 is 5.32 Å². The number of hydrogen-bond donors (Lipinski definition) is 2. The van der Waals surface area contributed by atoms with Gasteiger partial charge >= 0.3 is 0 Å². The van der Waals surface area contributed by atoms with Gasteiger partial charge in [0.15, 0.2) is 0 Å². The molecule has 0 spiro atoms. The molecule has 2 N–H and O–H groups in total. The smallest absolute Gasteiger partial charge is 0.252 e. The summed E-state index contributed by atoms with van der Waals surface area (Å²) in [7, 11) is 2.08. The number of hydrogen-bond acceptors (Lipinski definition) is 4. The number of halogens is 1. The number of carbonyl (C=O) groups is 1. The van der Waals surface area contributed by atoms with Crippen LogP contribution in [0.25, 0.3) is 0 Å². The van der Waals surface area contributed by atoms with E-state index < -0.39 is 5.60 Å². The molecule has 0 saturated carbocycles. The molecule has 2 rings (SSSR count). The van der Waals surface area contributed by atoms with Crippen LogP contribution in [0.3, 0.4) is 0 Å². The fourth-order valence-electron chi connectivity index (χ4n) is 3.36. The Bertz CT molecular complexity index is 607. The highest BCUT2D eigenvalue weighted by Crippen LogP contribution is 2.34. The number of aliphatic hydroxyl groups is 1. The molecular weight excluding hydrogens is 339 g/mol. The lowest BCUT2D eigenvalue weighted by atomic mass is 9.76. The number of amides is 1. The van der Waals surface area contributed by atoms with Crippen molar-refractivity contribution < 1.29 is 14.3 Å². The van der Waals surface area contributed by atoms with Crippen molar-refractivity contribution in [2.45, 2.75) is 50.2 Å². The summed E-state index contributed by atoms with van der Waals surface area (Å²) in [5.74, 6) is -0.533. The summed E-state index contributed by atoms with van der Waals surface area (Å²) in [4.78, 5) is 15.4. The number of piperidine rings is 1. The van der Waals surface area contributed by atoms with E-state index in [1.54, 1.807) is 12.1 Å². The number of rotatable bonds is 6. The first-order chi connectivity index (χ1) is 11.6. The van der Waals surface area contributed by atoms with Gasteiger partial charge in [-0.1, -0.05) is 19.9 Å². The number of thioether (sulfide) groups is 1. The molecule has 1 saturated heterocycles. The molecule has 0 aliphatic carbocycles. The molecule has 1 amide bonds. The van der Waals surface area contributed by atoms with E-state index in [-0.39, 0.29) is 28.9 Å². The van der Waals surface area contributed by atoms with Gasteiger partial charge in [0, 0.05) is 23.2 Å². The van der Waals surface area contributed by atoms with E-state index in [9.17, 15) is 14.3 Å². The monoisotopic (exact) mass is 368 g/mol. The molecule has 1 aliphatic rings. The largest absolute Gasteiger partial charge is 0.379 e. The van der Waals surface area contributed by atoms with Gasteiger partial charge in [0.1, 0.15) is 11.4 Å². The Morgan fingerprint density at radius 2 is 2.24 bits per heavy atom. The highest BCUT2D eigenvalue weighted by Gasteiger charge is 2.37. The second kappa shape index (κ2) is 8.06. The van der Waals surface area contributed by atoms with E-state index in [0.717, 1.165) is 19.4 Å². The van der Waals surface area contributed by atoms with Crippen molar-refractivity contribution >= 4 is 17.7 Å². The van der Waals surface area contributed by atoms with Crippen LogP contribution in [0.2, 0.25) is 0 Å². The number of likely N-dealkylation sites (N-methyl/N-ethyl adjacent to an activating group) is 1. The summed E-state index contributed by atoms with van der Waals surface area (Å²) in [5.41, 5.74) is -1.38. The Labute approximate surface area is 154 Å². The van der Waals surface area contributed by atoms with Crippen molar-refractivity contribution in [2.75, 3.05) is 25.9 Å². The first kappa shape index (κ1) is 20.2. The van der Waals surface area contributed by atoms with E-state index in [1.807, 2.05) is 0 Å². The second-order valence-electron chi connectivity index (χ2n) is 7.82. The highest BCUT2D eigenvalue weighted by atomic mass is 32.2. The Balaban J connectivity index is 1.89. The minimum Gasteiger partial charge on any atom is -0.379 e. The topological polar surface area (TPSA) is 52.6 Å². The van der Waals surface area contributed by atoms with E-state index in [0.29, 0.717) is 11.4 Å². The summed E-state index contributed by atoms with van der Waals surface area (Å²) in [6, 6.07) is 6.40. The van der Waals surface area contributed by atoms with Crippen LogP contribution >= 0.6 is 11.8 Å². The van der Waals surface area contributed by atoms with Crippen molar-refractivity contribution in [1.82, 2.24) is 10.2 Å². The third-order valence-corrected chi connectivity index (χ3v) is 6.32. The molecule has 1 aromatic rings. The summed E-state index contributed by atoms with van der Waals surface area (Å²) >= 11 is 1.27. The Morgan fingerprint density at radius 3 is 2.88 bits per heavy atom. The van der Waals surface area contributed by atoms with Crippen molar-refractivity contribution in [2.24, 2.45) is 5.41 Å². The molecule has 0 bridgehead atoms. The van der Waals surface area contributed by atoms with Gasteiger partial charge in [-0.2, -0.15) is 0 Å². The average molecular weight is 369 g/mol. The van der Waals surface area contributed by atoms with Crippen molar-refractivity contribution in [3.8, 4) is 0 Å². The second-order valence-corrected chi connectivity index (χ2v) is 8.87. The van der Waals surface area contributed by atoms with Gasteiger partial charge < -0.3 is 15.3 Å². The maximum Gasteiger partial charge on any atom is 0.252 e. The summed E-state index contributed by atoms with van der Waals surface area (Å²) in [5, 5.41) is 13.4. The first-order valence-corrected chi connectivity index (χ1v) is 9.70. The Hall–Kier alpha value is -1.11. The van der Waals surface area contributed by atoms with Gasteiger partial charge in [-0.15, -0.1) is 11.8 Å². The third-order valence-electron chi connectivity index (χ3n) is 5.03. The zero-order valence-electron chi connectivity index (χ0n) is 15.5. The molecule has 0 radical (unpaired) electrons. The molecule has 2 atom stereocenters. The van der Waals surface area contributed by atoms with E-state index in [2.05, 4.69) is 31.1 Å². The minimum absolute atomic E-state index is 0.127. The maximum atomic E-state index is 13.2. The highest BCUT2D eigenvalue weighted by molar-refractivity contribution is 7.99. The molecule has 1 heterocycles. The first-order valence-electron chi connectivity index (χ1n) is 8.71. The molecule has 1 aliphatic heterocycles. The van der Waals surface area contributed by atoms with Crippen LogP contribution in [0.1, 0.15) is 33.6 Å². The molecule has 140 valence electrons. The molecule has 25 heavy (non-hydrogen) atoms. The SMILES string of the molecule is CN1CCCC(C)(C)C1CNC(=O)C(C)(O)CSc1cccc(F)c1. The van der Waals surface area contributed by atoms with Crippen LogP contribution in [0.15, 0.2) is 29.2 Å². The molecule has 1 aromatic carbocycles. The van der Waals surface area contributed by atoms with Crippen molar-refractivity contribution in [3.63, 3.8) is 0 Å². The van der Waals surface area contributed by atoms with Crippen LogP contribution in [0, 0.1) is 11.2 Å². The molecule has 6 heteroatoms. The quantitative estimate of drug-likeness (QED) is 0.758. The standard InChI is InChI=1S/C19H29FN2O2S/c1-18(2)9-6-10-22(4)16(18)12-21-17(23)19(3,24)13-25-15-8-5-7-14(20)11-15/h5,7-8,11,16,24H,6,9-10,12-13H2,1-4H3,(H,21,23). The maximum absolute atomic E-state index is 13.2. The lowest BCUT2D eigenvalue weighted by Gasteiger charge is -2.45. The van der Waals surface area contributed by atoms with Crippen LogP contribution in [-0.2, 0) is 4.79 Å². The van der Waals surface area contributed by atoms with Gasteiger partial charge in [0.25, 0.3) is 5.91 Å². The number of nitrogens with zero attached hydrogens (tertiary/aromatic N) is 1. The fourth-order valence-corrected chi connectivity index (χ4v) is 4.31. The van der Waals surface area contributed by atoms with Gasteiger partial charge in [-0.25, -0.2) is 4.39 Å². The molecule has 0 aromatic heterocycles. The molecule has 1 fully saturated rings. The number of carbonyl (C=O) groups excluding carboxylic acids is 1. The number of nitrogens with one attached hydrogen (secondary N) is 1. The summed E-state index contributed by atoms with van der Waals surface area (Å²) < 4.78 is 13.2. The van der Waals surface area contributed by atoms with E-state index in [1.165, 1.54) is 30.8 Å². The van der Waals surface area contributed by atoms with Gasteiger partial charge in [0.2, 0.25) is 0 Å². The van der Waals surface area contributed by atoms with Crippen LogP contribution in [-0.4, -0.2) is 53.4 Å². The van der Waals surface area contributed by atoms with E-state index >= 15 is 0 Å². The zero-order chi connectivity index (χ0) is 18.7. The molecular formula is C19H29FN2O2S. The van der Waals surface area contributed by atoms with Gasteiger partial charge in [0.05, 0.1) is 0 Å². The number of likely N-dealkylation sites (tertiary alicyclic amines) is 1. The lowest BCUT2D eigenvalue weighted by Crippen LogP contribution is -2.56. The summed E-state index contributed by atoms with van der Waals surface area (Å²) in [6.07, 6.45) is 2.29. The average Bonchev–Trinajstić information content (AvgIpc) is 2.52. The predicted octanol–water partition coefficient (Wildman–Crippen LogP) is 2.91. The molecule has 4 nitrogen and oxygen atoms in total. The van der Waals surface area contributed by atoms with Crippen molar-refractivity contribution in [1.29, 1.82) is 0 Å². The van der Waals surface area contributed by atoms with Crippen molar-refractivity contribution in [3.05, 3.63) is 30.1 Å². The van der Waals surface area contributed by atoms with Crippen LogP contribution in [0.5, 0.6) is 0 Å². The Kier molecular flexibility index (Phi) is 6.51. The third kappa shape index (κ3) is 5.43. The fraction of sp³-hybridized carbons (Fsp3) is 0.632. The number of benzene rings is 1.